The van der Waals surface area contributed by atoms with Gasteiger partial charge in [-0.15, -0.1) is 0 Å². The summed E-state index contributed by atoms with van der Waals surface area (Å²) in [5, 5.41) is 6.01. The van der Waals surface area contributed by atoms with Crippen LogP contribution in [0.3, 0.4) is 0 Å². The van der Waals surface area contributed by atoms with Crippen molar-refractivity contribution >= 4 is 17.5 Å². The van der Waals surface area contributed by atoms with Crippen LogP contribution in [0.5, 0.6) is 0 Å². The van der Waals surface area contributed by atoms with E-state index in [1.54, 1.807) is 0 Å². The molecule has 1 aromatic heterocycles. The van der Waals surface area contributed by atoms with E-state index < -0.39 is 0 Å². The molecule has 0 aliphatic rings. The van der Waals surface area contributed by atoms with E-state index >= 15 is 0 Å². The van der Waals surface area contributed by atoms with Gasteiger partial charge in [0, 0.05) is 24.1 Å². The Bertz CT molecular complexity index is 608. The number of aryl methyl sites for hydroxylation is 1. The number of carbonyl (C=O) groups excluding carboxylic acids is 1. The van der Waals surface area contributed by atoms with Crippen molar-refractivity contribution in [2.45, 2.75) is 39.7 Å². The summed E-state index contributed by atoms with van der Waals surface area (Å²) < 4.78 is 0. The molecule has 0 aliphatic carbocycles. The number of aromatic nitrogens is 2. The van der Waals surface area contributed by atoms with Crippen molar-refractivity contribution in [3.63, 3.8) is 0 Å². The van der Waals surface area contributed by atoms with Gasteiger partial charge in [0.2, 0.25) is 5.95 Å². The molecule has 2 rings (SSSR count). The van der Waals surface area contributed by atoms with Crippen molar-refractivity contribution in [1.29, 1.82) is 0 Å². The largest absolute Gasteiger partial charge is 0.350 e. The third-order valence-electron chi connectivity index (χ3n) is 3.52. The maximum atomic E-state index is 11.9. The highest BCUT2D eigenvalue weighted by molar-refractivity contribution is 5.93. The van der Waals surface area contributed by atoms with E-state index in [4.69, 9.17) is 0 Å². The van der Waals surface area contributed by atoms with E-state index in [-0.39, 0.29) is 11.9 Å². The van der Waals surface area contributed by atoms with Gasteiger partial charge in [0.05, 0.1) is 5.56 Å². The summed E-state index contributed by atoms with van der Waals surface area (Å²) in [6.45, 7) is 6.11. The Morgan fingerprint density at radius 3 is 2.32 bits per heavy atom. The number of nitrogens with zero attached hydrogens (tertiary/aromatic N) is 2. The lowest BCUT2D eigenvalue weighted by Crippen LogP contribution is -2.32. The van der Waals surface area contributed by atoms with Gasteiger partial charge in [-0.25, -0.2) is 9.97 Å². The van der Waals surface area contributed by atoms with E-state index in [9.17, 15) is 4.79 Å². The predicted octanol–water partition coefficient (Wildman–Crippen LogP) is 3.31. The Morgan fingerprint density at radius 2 is 1.77 bits per heavy atom. The summed E-state index contributed by atoms with van der Waals surface area (Å²) in [4.78, 5) is 20.3. The normalized spacial score (nSPS) is 11.8. The summed E-state index contributed by atoms with van der Waals surface area (Å²) >= 11 is 0. The molecule has 5 nitrogen and oxygen atoms in total. The van der Waals surface area contributed by atoms with Crippen LogP contribution in [-0.4, -0.2) is 21.9 Å². The number of amides is 1. The van der Waals surface area contributed by atoms with E-state index in [1.165, 1.54) is 18.0 Å². The lowest BCUT2D eigenvalue weighted by atomic mass is 10.1. The zero-order chi connectivity index (χ0) is 15.9. The summed E-state index contributed by atoms with van der Waals surface area (Å²) in [5.74, 6) is 0.331. The molecule has 0 spiro atoms. The fraction of sp³-hybridized carbons (Fsp3) is 0.353. The zero-order valence-corrected chi connectivity index (χ0v) is 13.3. The number of nitrogens with one attached hydrogen (secondary N) is 2. The van der Waals surface area contributed by atoms with Crippen LogP contribution in [0.15, 0.2) is 36.7 Å². The molecule has 116 valence electrons. The molecule has 0 fully saturated rings. The van der Waals surface area contributed by atoms with Gasteiger partial charge in [-0.2, -0.15) is 0 Å². The Kier molecular flexibility index (Phi) is 5.47. The Morgan fingerprint density at radius 1 is 1.14 bits per heavy atom. The van der Waals surface area contributed by atoms with Crippen LogP contribution in [0.25, 0.3) is 0 Å². The summed E-state index contributed by atoms with van der Waals surface area (Å²) in [6.07, 6.45) is 4.97. The Hall–Kier alpha value is -2.43. The van der Waals surface area contributed by atoms with Crippen molar-refractivity contribution in [3.8, 4) is 0 Å². The smallest absolute Gasteiger partial charge is 0.254 e. The van der Waals surface area contributed by atoms with E-state index in [1.807, 2.05) is 26.0 Å². The van der Waals surface area contributed by atoms with Crippen LogP contribution < -0.4 is 10.6 Å². The molecule has 2 aromatic rings. The molecule has 0 saturated carbocycles. The lowest BCUT2D eigenvalue weighted by Gasteiger charge is -2.11. The second kappa shape index (κ2) is 7.54. The van der Waals surface area contributed by atoms with Crippen LogP contribution in [0.1, 0.15) is 43.1 Å². The number of hydrogen-bond donors (Lipinski definition) is 2. The second-order valence-electron chi connectivity index (χ2n) is 5.25. The minimum absolute atomic E-state index is 0.141. The maximum absolute atomic E-state index is 11.9. The predicted molar refractivity (Wildman–Crippen MR) is 88.4 cm³/mol. The number of rotatable bonds is 6. The average molecular weight is 298 g/mol. The van der Waals surface area contributed by atoms with E-state index in [0.29, 0.717) is 11.5 Å². The second-order valence-corrected chi connectivity index (χ2v) is 5.25. The van der Waals surface area contributed by atoms with Crippen molar-refractivity contribution in [2.75, 3.05) is 5.32 Å². The van der Waals surface area contributed by atoms with Gasteiger partial charge < -0.3 is 10.6 Å². The molecule has 1 aromatic carbocycles. The van der Waals surface area contributed by atoms with Gasteiger partial charge >= 0.3 is 0 Å². The van der Waals surface area contributed by atoms with Gasteiger partial charge in [0.1, 0.15) is 0 Å². The fourth-order valence-electron chi connectivity index (χ4n) is 1.87. The summed E-state index contributed by atoms with van der Waals surface area (Å²) in [7, 11) is 0. The highest BCUT2D eigenvalue weighted by atomic mass is 16.1. The van der Waals surface area contributed by atoms with Gasteiger partial charge in [0.15, 0.2) is 0 Å². The molecular weight excluding hydrogens is 276 g/mol. The van der Waals surface area contributed by atoms with Crippen molar-refractivity contribution in [1.82, 2.24) is 15.3 Å². The van der Waals surface area contributed by atoms with E-state index in [0.717, 1.165) is 18.5 Å². The highest BCUT2D eigenvalue weighted by Gasteiger charge is 2.09. The van der Waals surface area contributed by atoms with Crippen LogP contribution in [0.2, 0.25) is 0 Å². The molecule has 5 heteroatoms. The maximum Gasteiger partial charge on any atom is 0.254 e. The minimum atomic E-state index is -0.145. The van der Waals surface area contributed by atoms with Crippen LogP contribution in [0, 0.1) is 0 Å². The monoisotopic (exact) mass is 298 g/mol. The highest BCUT2D eigenvalue weighted by Crippen LogP contribution is 2.14. The molecule has 0 saturated heterocycles. The molecule has 1 atom stereocenters. The first-order chi connectivity index (χ1) is 10.6. The summed E-state index contributed by atoms with van der Waals surface area (Å²) in [5.41, 5.74) is 2.67. The first-order valence-corrected chi connectivity index (χ1v) is 7.61. The SMILES string of the molecule is CCc1ccc(Nc2ncc(C(=O)NC(C)CC)cn2)cc1. The number of benzene rings is 1. The van der Waals surface area contributed by atoms with E-state index in [2.05, 4.69) is 39.7 Å². The molecule has 2 N–H and O–H groups in total. The van der Waals surface area contributed by atoms with Crippen LogP contribution in [-0.2, 0) is 6.42 Å². The minimum Gasteiger partial charge on any atom is -0.350 e. The lowest BCUT2D eigenvalue weighted by molar-refractivity contribution is 0.0938. The van der Waals surface area contributed by atoms with Crippen molar-refractivity contribution < 1.29 is 4.79 Å². The van der Waals surface area contributed by atoms with Gasteiger partial charge in [-0.05, 0) is 37.5 Å². The standard InChI is InChI=1S/C17H22N4O/c1-4-12(3)20-16(22)14-10-18-17(19-11-14)21-15-8-6-13(5-2)7-9-15/h6-12H,4-5H2,1-3H3,(H,20,22)(H,18,19,21). The molecule has 1 heterocycles. The molecule has 1 unspecified atom stereocenters. The first-order valence-electron chi connectivity index (χ1n) is 7.61. The van der Waals surface area contributed by atoms with Crippen molar-refractivity contribution in [2.24, 2.45) is 0 Å². The molecule has 22 heavy (non-hydrogen) atoms. The number of anilines is 2. The first kappa shape index (κ1) is 15.9. The third-order valence-corrected chi connectivity index (χ3v) is 3.52. The molecule has 0 bridgehead atoms. The number of carbonyl (C=O) groups is 1. The molecule has 0 radical (unpaired) electrons. The summed E-state index contributed by atoms with van der Waals surface area (Å²) in [6, 6.07) is 8.26. The third kappa shape index (κ3) is 4.28. The Balaban J connectivity index is 2.00. The molecule has 1 amide bonds. The average Bonchev–Trinajstić information content (AvgIpc) is 2.56. The van der Waals surface area contributed by atoms with Crippen LogP contribution >= 0.6 is 0 Å². The van der Waals surface area contributed by atoms with Gasteiger partial charge in [-0.1, -0.05) is 26.0 Å². The fourth-order valence-corrected chi connectivity index (χ4v) is 1.87. The van der Waals surface area contributed by atoms with Crippen LogP contribution in [0.4, 0.5) is 11.6 Å². The Labute approximate surface area is 131 Å². The van der Waals surface area contributed by atoms with Gasteiger partial charge in [-0.3, -0.25) is 4.79 Å². The number of hydrogen-bond acceptors (Lipinski definition) is 4. The van der Waals surface area contributed by atoms with Crippen molar-refractivity contribution in [3.05, 3.63) is 47.8 Å². The zero-order valence-electron chi connectivity index (χ0n) is 13.3. The molecular formula is C17H22N4O. The van der Waals surface area contributed by atoms with Gasteiger partial charge in [0.25, 0.3) is 5.91 Å². The topological polar surface area (TPSA) is 66.9 Å². The quantitative estimate of drug-likeness (QED) is 0.858. The molecule has 0 aliphatic heterocycles.